The summed E-state index contributed by atoms with van der Waals surface area (Å²) < 4.78 is 0. The molecule has 0 fully saturated rings. The van der Waals surface area contributed by atoms with E-state index in [0.717, 1.165) is 5.56 Å². The Kier molecular flexibility index (Phi) is 4.48. The van der Waals surface area contributed by atoms with E-state index in [1.807, 2.05) is 19.3 Å². The van der Waals surface area contributed by atoms with Crippen molar-refractivity contribution in [1.82, 2.24) is 0 Å². The van der Waals surface area contributed by atoms with Crippen LogP contribution in [0.1, 0.15) is 55.5 Å². The number of benzene rings is 2. The van der Waals surface area contributed by atoms with Crippen LogP contribution in [0.3, 0.4) is 0 Å². The predicted molar refractivity (Wildman–Crippen MR) is 89.5 cm³/mol. The van der Waals surface area contributed by atoms with Crippen LogP contribution >= 0.6 is 0 Å². The Morgan fingerprint density at radius 3 is 2.09 bits per heavy atom. The summed E-state index contributed by atoms with van der Waals surface area (Å²) in [6.07, 6.45) is 1.94. The Morgan fingerprint density at radius 2 is 1.50 bits per heavy atom. The molecule has 0 saturated heterocycles. The van der Waals surface area contributed by atoms with Gasteiger partial charge in [0.25, 0.3) is 0 Å². The molecular formula is C20H22IrN-. The van der Waals surface area contributed by atoms with Crippen LogP contribution in [0.4, 0.5) is 0 Å². The van der Waals surface area contributed by atoms with E-state index in [2.05, 4.69) is 69.1 Å². The Morgan fingerprint density at radius 1 is 0.909 bits per heavy atom. The number of nitrogens with zero attached hydrogens (tertiary/aromatic N) is 1. The molecule has 1 radical (unpaired) electrons. The molecule has 0 saturated carbocycles. The molecule has 0 spiro atoms. The smallest absolute Gasteiger partial charge is 0.0169 e. The molecule has 0 amide bonds. The van der Waals surface area contributed by atoms with E-state index < -0.39 is 0 Å². The van der Waals surface area contributed by atoms with E-state index in [0.29, 0.717) is 0 Å². The quantitative estimate of drug-likeness (QED) is 0.432. The van der Waals surface area contributed by atoms with Crippen LogP contribution in [0.25, 0.3) is 0 Å². The fourth-order valence-electron chi connectivity index (χ4n) is 3.79. The summed E-state index contributed by atoms with van der Waals surface area (Å²) in [7, 11) is 1.82. The third kappa shape index (κ3) is 2.30. The van der Waals surface area contributed by atoms with Gasteiger partial charge in [-0.2, -0.15) is 0 Å². The predicted octanol–water partition coefficient (Wildman–Crippen LogP) is 4.50. The number of fused-ring (bicyclic) bond motifs is 2. The van der Waals surface area contributed by atoms with Gasteiger partial charge in [0.2, 0.25) is 0 Å². The standard InChI is InChI=1S/C20H22N.Ir/c1-19(2)15-10-6-7-11-16(15)20(3,4)18-14(13-21-5)9-8-12-17(18)19;/h6-8,10-13H,1-5H3;/q-1;. The molecular weight excluding hydrogens is 446 g/mol. The minimum absolute atomic E-state index is 0. The summed E-state index contributed by atoms with van der Waals surface area (Å²) >= 11 is 0. The molecule has 2 aromatic rings. The molecule has 1 nitrogen and oxygen atoms in total. The molecule has 2 aromatic carbocycles. The molecule has 117 valence electrons. The fraction of sp³-hybridized carbons (Fsp3) is 0.350. The minimum atomic E-state index is -0.0320. The third-order valence-electron chi connectivity index (χ3n) is 4.86. The van der Waals surface area contributed by atoms with Crippen molar-refractivity contribution in [3.63, 3.8) is 0 Å². The zero-order chi connectivity index (χ0) is 15.3. The normalized spacial score (nSPS) is 17.5. The first-order valence-electron chi connectivity index (χ1n) is 7.48. The summed E-state index contributed by atoms with van der Waals surface area (Å²) in [5, 5.41) is 0. The molecule has 0 aromatic heterocycles. The average Bonchev–Trinajstić information content (AvgIpc) is 2.46. The van der Waals surface area contributed by atoms with Gasteiger partial charge in [-0.05, 0) is 22.0 Å². The Labute approximate surface area is 147 Å². The van der Waals surface area contributed by atoms with Crippen LogP contribution < -0.4 is 0 Å². The van der Waals surface area contributed by atoms with E-state index in [1.165, 1.54) is 22.3 Å². The van der Waals surface area contributed by atoms with E-state index in [1.54, 1.807) is 0 Å². The van der Waals surface area contributed by atoms with E-state index in [-0.39, 0.29) is 30.9 Å². The second-order valence-electron chi connectivity index (χ2n) is 6.86. The van der Waals surface area contributed by atoms with Gasteiger partial charge in [0.15, 0.2) is 0 Å². The summed E-state index contributed by atoms with van der Waals surface area (Å²) in [6, 6.07) is 16.4. The van der Waals surface area contributed by atoms with Gasteiger partial charge >= 0.3 is 0 Å². The molecule has 0 unspecified atom stereocenters. The Hall–Kier alpha value is -1.24. The van der Waals surface area contributed by atoms with Crippen molar-refractivity contribution >= 4 is 6.21 Å². The number of hydrogen-bond donors (Lipinski definition) is 0. The Bertz CT molecular complexity index is 726. The first-order chi connectivity index (χ1) is 9.90. The maximum Gasteiger partial charge on any atom is 0.0169 e. The molecule has 1 aliphatic rings. The average molecular weight is 469 g/mol. The molecule has 3 rings (SSSR count). The van der Waals surface area contributed by atoms with Crippen molar-refractivity contribution in [2.45, 2.75) is 38.5 Å². The number of rotatable bonds is 1. The molecule has 0 heterocycles. The maximum atomic E-state index is 4.23. The molecule has 1 aliphatic carbocycles. The summed E-state index contributed by atoms with van der Waals surface area (Å²) in [6.45, 7) is 9.24. The van der Waals surface area contributed by atoms with Crippen molar-refractivity contribution < 1.29 is 20.1 Å². The zero-order valence-electron chi connectivity index (χ0n) is 13.8. The SMILES string of the molecule is CN=Cc1[c-]ccc2c1C(C)(C)c1ccccc1C2(C)C.[Ir]. The van der Waals surface area contributed by atoms with Gasteiger partial charge in [0.05, 0.1) is 0 Å². The second kappa shape index (κ2) is 5.76. The fourth-order valence-corrected chi connectivity index (χ4v) is 3.79. The molecule has 0 bridgehead atoms. The van der Waals surface area contributed by atoms with Gasteiger partial charge in [-0.15, -0.1) is 34.9 Å². The van der Waals surface area contributed by atoms with Gasteiger partial charge in [0, 0.05) is 27.2 Å². The first kappa shape index (κ1) is 17.1. The van der Waals surface area contributed by atoms with Crippen molar-refractivity contribution in [2.75, 3.05) is 7.05 Å². The summed E-state index contributed by atoms with van der Waals surface area (Å²) in [5.41, 5.74) is 6.67. The summed E-state index contributed by atoms with van der Waals surface area (Å²) in [4.78, 5) is 4.23. The maximum absolute atomic E-state index is 4.23. The van der Waals surface area contributed by atoms with Gasteiger partial charge in [0.1, 0.15) is 0 Å². The van der Waals surface area contributed by atoms with Crippen LogP contribution in [0.2, 0.25) is 0 Å². The van der Waals surface area contributed by atoms with E-state index >= 15 is 0 Å². The molecule has 0 aliphatic heterocycles. The van der Waals surface area contributed by atoms with Crippen LogP contribution in [-0.2, 0) is 30.9 Å². The molecule has 0 atom stereocenters. The van der Waals surface area contributed by atoms with E-state index in [4.69, 9.17) is 0 Å². The van der Waals surface area contributed by atoms with Crippen LogP contribution in [0.15, 0.2) is 41.4 Å². The number of aliphatic imine (C=N–C) groups is 1. The van der Waals surface area contributed by atoms with Crippen LogP contribution in [0, 0.1) is 6.07 Å². The van der Waals surface area contributed by atoms with Crippen molar-refractivity contribution in [2.24, 2.45) is 4.99 Å². The van der Waals surface area contributed by atoms with Crippen LogP contribution in [-0.4, -0.2) is 13.3 Å². The summed E-state index contributed by atoms with van der Waals surface area (Å²) in [5.74, 6) is 0. The first-order valence-corrected chi connectivity index (χ1v) is 7.48. The molecule has 0 N–H and O–H groups in total. The number of hydrogen-bond acceptors (Lipinski definition) is 1. The topological polar surface area (TPSA) is 12.4 Å². The molecule has 22 heavy (non-hydrogen) atoms. The van der Waals surface area contributed by atoms with Crippen LogP contribution in [0.5, 0.6) is 0 Å². The van der Waals surface area contributed by atoms with Crippen molar-refractivity contribution in [3.8, 4) is 0 Å². The monoisotopic (exact) mass is 469 g/mol. The van der Waals surface area contributed by atoms with Crippen molar-refractivity contribution in [1.29, 1.82) is 0 Å². The molecule has 2 heteroatoms. The largest absolute Gasteiger partial charge is 0.344 e. The van der Waals surface area contributed by atoms with Gasteiger partial charge < -0.3 is 4.99 Å². The van der Waals surface area contributed by atoms with Gasteiger partial charge in [-0.25, -0.2) is 0 Å². The zero-order valence-corrected chi connectivity index (χ0v) is 16.2. The van der Waals surface area contributed by atoms with Gasteiger partial charge in [-0.3, -0.25) is 0 Å². The second-order valence-corrected chi connectivity index (χ2v) is 6.86. The minimum Gasteiger partial charge on any atom is -0.344 e. The van der Waals surface area contributed by atoms with Gasteiger partial charge in [-0.1, -0.05) is 58.2 Å². The third-order valence-corrected chi connectivity index (χ3v) is 4.86. The van der Waals surface area contributed by atoms with Crippen molar-refractivity contribution in [3.05, 3.63) is 70.3 Å². The van der Waals surface area contributed by atoms with E-state index in [9.17, 15) is 0 Å². The Balaban J connectivity index is 0.00000176.